The Kier molecular flexibility index (Phi) is 5.94. The van der Waals surface area contributed by atoms with Gasteiger partial charge < -0.3 is 10.6 Å². The van der Waals surface area contributed by atoms with Crippen molar-refractivity contribution < 1.29 is 4.79 Å². The number of thioether (sulfide) groups is 1. The van der Waals surface area contributed by atoms with Crippen molar-refractivity contribution in [3.8, 4) is 0 Å². The molecule has 1 unspecified atom stereocenters. The summed E-state index contributed by atoms with van der Waals surface area (Å²) in [5.41, 5.74) is 2.14. The molecule has 1 aromatic carbocycles. The van der Waals surface area contributed by atoms with E-state index in [0.29, 0.717) is 5.37 Å². The van der Waals surface area contributed by atoms with Crippen LogP contribution in [-0.2, 0) is 0 Å². The minimum absolute atomic E-state index is 0.121. The number of benzene rings is 1. The Balaban J connectivity index is 1.91. The molecule has 21 heavy (non-hydrogen) atoms. The van der Waals surface area contributed by atoms with Crippen LogP contribution in [0.15, 0.2) is 24.3 Å². The first-order valence-corrected chi connectivity index (χ1v) is 8.68. The molecule has 1 aromatic rings. The van der Waals surface area contributed by atoms with Crippen molar-refractivity contribution in [3.05, 3.63) is 29.8 Å². The van der Waals surface area contributed by atoms with E-state index in [1.54, 1.807) is 0 Å². The first-order valence-electron chi connectivity index (χ1n) is 7.63. The maximum absolute atomic E-state index is 11.9. The summed E-state index contributed by atoms with van der Waals surface area (Å²) in [6.07, 6.45) is 1.90. The van der Waals surface area contributed by atoms with Crippen molar-refractivity contribution in [2.45, 2.75) is 38.1 Å². The van der Waals surface area contributed by atoms with E-state index >= 15 is 0 Å². The molecule has 116 valence electrons. The van der Waals surface area contributed by atoms with Gasteiger partial charge in [0.05, 0.1) is 5.37 Å². The lowest BCUT2D eigenvalue weighted by Crippen LogP contribution is -2.37. The molecule has 1 saturated heterocycles. The van der Waals surface area contributed by atoms with E-state index in [0.717, 1.165) is 25.1 Å². The summed E-state index contributed by atoms with van der Waals surface area (Å²) >= 11 is 1.96. The standard InChI is InChI=1S/C16H25N3OS/c1-4-13(5-2)17-16(20)18-14-8-6-12(7-9-14)15-19(3)10-11-21-15/h6-9,13,15H,4-5,10-11H2,1-3H3,(H2,17,18,20). The van der Waals surface area contributed by atoms with E-state index in [9.17, 15) is 4.79 Å². The molecular formula is C16H25N3OS. The van der Waals surface area contributed by atoms with Crippen molar-refractivity contribution in [2.75, 3.05) is 24.7 Å². The molecule has 0 aliphatic carbocycles. The molecule has 0 bridgehead atoms. The third kappa shape index (κ3) is 4.38. The lowest BCUT2D eigenvalue weighted by Gasteiger charge is -2.19. The molecule has 1 aliphatic rings. The largest absolute Gasteiger partial charge is 0.335 e. The topological polar surface area (TPSA) is 44.4 Å². The second kappa shape index (κ2) is 7.71. The number of urea groups is 1. The minimum Gasteiger partial charge on any atom is -0.335 e. The number of carbonyl (C=O) groups is 1. The maximum atomic E-state index is 11.9. The van der Waals surface area contributed by atoms with Crippen LogP contribution in [0.1, 0.15) is 37.6 Å². The summed E-state index contributed by atoms with van der Waals surface area (Å²) in [4.78, 5) is 14.3. The Morgan fingerprint density at radius 3 is 2.52 bits per heavy atom. The number of rotatable bonds is 5. The lowest BCUT2D eigenvalue weighted by molar-refractivity contribution is 0.247. The fourth-order valence-electron chi connectivity index (χ4n) is 2.48. The van der Waals surface area contributed by atoms with Crippen molar-refractivity contribution in [2.24, 2.45) is 0 Å². The van der Waals surface area contributed by atoms with E-state index in [1.165, 1.54) is 11.3 Å². The van der Waals surface area contributed by atoms with Gasteiger partial charge in [0.1, 0.15) is 0 Å². The Bertz CT molecular complexity index is 459. The van der Waals surface area contributed by atoms with Gasteiger partial charge in [0.15, 0.2) is 0 Å². The maximum Gasteiger partial charge on any atom is 0.319 e. The molecule has 0 spiro atoms. The minimum atomic E-state index is -0.121. The third-order valence-electron chi connectivity index (χ3n) is 3.89. The number of anilines is 1. The Morgan fingerprint density at radius 2 is 2.00 bits per heavy atom. The van der Waals surface area contributed by atoms with E-state index in [-0.39, 0.29) is 12.1 Å². The SMILES string of the molecule is CCC(CC)NC(=O)Nc1ccc(C2SCCN2C)cc1. The molecule has 1 aliphatic heterocycles. The number of nitrogens with zero attached hydrogens (tertiary/aromatic N) is 1. The van der Waals surface area contributed by atoms with Crippen LogP contribution < -0.4 is 10.6 Å². The normalized spacial score (nSPS) is 19.0. The predicted octanol–water partition coefficient (Wildman–Crippen LogP) is 3.67. The smallest absolute Gasteiger partial charge is 0.319 e. The first-order chi connectivity index (χ1) is 10.1. The highest BCUT2D eigenvalue weighted by Gasteiger charge is 2.22. The van der Waals surface area contributed by atoms with Crippen LogP contribution in [0.3, 0.4) is 0 Å². The van der Waals surface area contributed by atoms with E-state index < -0.39 is 0 Å². The Morgan fingerprint density at radius 1 is 1.33 bits per heavy atom. The molecule has 2 amide bonds. The highest BCUT2D eigenvalue weighted by molar-refractivity contribution is 7.99. The molecule has 5 heteroatoms. The summed E-state index contributed by atoms with van der Waals surface area (Å²) in [7, 11) is 2.15. The molecule has 2 N–H and O–H groups in total. The Hall–Kier alpha value is -1.20. The number of hydrogen-bond acceptors (Lipinski definition) is 3. The molecule has 4 nitrogen and oxygen atoms in total. The fourth-order valence-corrected chi connectivity index (χ4v) is 3.81. The van der Waals surface area contributed by atoms with Crippen LogP contribution >= 0.6 is 11.8 Å². The average molecular weight is 307 g/mol. The molecular weight excluding hydrogens is 282 g/mol. The number of hydrogen-bond donors (Lipinski definition) is 2. The van der Waals surface area contributed by atoms with Crippen molar-refractivity contribution in [3.63, 3.8) is 0 Å². The molecule has 0 radical (unpaired) electrons. The van der Waals surface area contributed by atoms with Crippen molar-refractivity contribution in [1.82, 2.24) is 10.2 Å². The quantitative estimate of drug-likeness (QED) is 0.872. The van der Waals surface area contributed by atoms with Gasteiger partial charge in [-0.1, -0.05) is 26.0 Å². The first kappa shape index (κ1) is 16.2. The second-order valence-corrected chi connectivity index (χ2v) is 6.63. The zero-order chi connectivity index (χ0) is 15.2. The summed E-state index contributed by atoms with van der Waals surface area (Å²) < 4.78 is 0. The monoisotopic (exact) mass is 307 g/mol. The zero-order valence-electron chi connectivity index (χ0n) is 13.1. The highest BCUT2D eigenvalue weighted by atomic mass is 32.2. The van der Waals surface area contributed by atoms with E-state index in [1.807, 2.05) is 23.9 Å². The molecule has 0 aromatic heterocycles. The van der Waals surface area contributed by atoms with Crippen LogP contribution in [0.4, 0.5) is 10.5 Å². The van der Waals surface area contributed by atoms with Crippen LogP contribution in [0.5, 0.6) is 0 Å². The lowest BCUT2D eigenvalue weighted by atomic mass is 10.2. The van der Waals surface area contributed by atoms with Crippen LogP contribution in [0.25, 0.3) is 0 Å². The van der Waals surface area contributed by atoms with Crippen LogP contribution in [-0.4, -0.2) is 36.3 Å². The van der Waals surface area contributed by atoms with Crippen LogP contribution in [0, 0.1) is 0 Å². The molecule has 1 heterocycles. The molecule has 0 saturated carbocycles. The van der Waals surface area contributed by atoms with Crippen molar-refractivity contribution in [1.29, 1.82) is 0 Å². The van der Waals surface area contributed by atoms with Gasteiger partial charge in [0.2, 0.25) is 0 Å². The summed E-state index contributed by atoms with van der Waals surface area (Å²) in [5.74, 6) is 1.18. The van der Waals surface area contributed by atoms with Gasteiger partial charge >= 0.3 is 6.03 Å². The number of nitrogens with one attached hydrogen (secondary N) is 2. The average Bonchev–Trinajstić information content (AvgIpc) is 2.92. The summed E-state index contributed by atoms with van der Waals surface area (Å²) in [5, 5.41) is 6.32. The second-order valence-electron chi connectivity index (χ2n) is 5.44. The third-order valence-corrected chi connectivity index (χ3v) is 5.26. The van der Waals surface area contributed by atoms with Gasteiger partial charge in [0, 0.05) is 24.0 Å². The fraction of sp³-hybridized carbons (Fsp3) is 0.562. The van der Waals surface area contributed by atoms with Crippen LogP contribution in [0.2, 0.25) is 0 Å². The summed E-state index contributed by atoms with van der Waals surface area (Å²) in [6, 6.07) is 8.29. The molecule has 1 atom stereocenters. The van der Waals surface area contributed by atoms with E-state index in [4.69, 9.17) is 0 Å². The zero-order valence-corrected chi connectivity index (χ0v) is 13.9. The highest BCUT2D eigenvalue weighted by Crippen LogP contribution is 2.36. The molecule has 2 rings (SSSR count). The van der Waals surface area contributed by atoms with Gasteiger partial charge in [-0.25, -0.2) is 4.79 Å². The van der Waals surface area contributed by atoms with Gasteiger partial charge in [-0.15, -0.1) is 11.8 Å². The van der Waals surface area contributed by atoms with Gasteiger partial charge in [-0.05, 0) is 37.6 Å². The van der Waals surface area contributed by atoms with Gasteiger partial charge in [-0.2, -0.15) is 0 Å². The van der Waals surface area contributed by atoms with Gasteiger partial charge in [-0.3, -0.25) is 4.90 Å². The predicted molar refractivity (Wildman–Crippen MR) is 90.8 cm³/mol. The van der Waals surface area contributed by atoms with Crippen molar-refractivity contribution >= 4 is 23.5 Å². The summed E-state index contributed by atoms with van der Waals surface area (Å²) in [6.45, 7) is 5.30. The number of carbonyl (C=O) groups excluding carboxylic acids is 1. The Labute approximate surface area is 131 Å². The van der Waals surface area contributed by atoms with E-state index in [2.05, 4.69) is 48.6 Å². The van der Waals surface area contributed by atoms with Gasteiger partial charge in [0.25, 0.3) is 0 Å². The number of amides is 2. The molecule has 1 fully saturated rings.